The van der Waals surface area contributed by atoms with Crippen LogP contribution in [0.2, 0.25) is 0 Å². The molecule has 0 aromatic heterocycles. The molecule has 0 heterocycles. The first-order valence-electron chi connectivity index (χ1n) is 6.37. The van der Waals surface area contributed by atoms with Crippen molar-refractivity contribution >= 4 is 11.9 Å². The van der Waals surface area contributed by atoms with Crippen LogP contribution in [0.3, 0.4) is 0 Å². The number of carboxylic acid groups (broad SMARTS) is 1. The van der Waals surface area contributed by atoms with Crippen molar-refractivity contribution in [2.75, 3.05) is 0 Å². The number of carboxylic acids is 1. The van der Waals surface area contributed by atoms with Gasteiger partial charge in [-0.3, -0.25) is 4.79 Å². The molecule has 0 bridgehead atoms. The van der Waals surface area contributed by atoms with Gasteiger partial charge in [0.1, 0.15) is 6.04 Å². The second kappa shape index (κ2) is 6.73. The van der Waals surface area contributed by atoms with Crippen molar-refractivity contribution in [3.8, 4) is 0 Å². The Bertz CT molecular complexity index is 297. The molecule has 0 saturated heterocycles. The number of hydrogen-bond donors (Lipinski definition) is 3. The highest BCUT2D eigenvalue weighted by atomic mass is 16.4. The highest BCUT2D eigenvalue weighted by Gasteiger charge is 2.28. The lowest BCUT2D eigenvalue weighted by Gasteiger charge is -2.27. The molecule has 4 N–H and O–H groups in total. The average molecular weight is 258 g/mol. The van der Waals surface area contributed by atoms with E-state index in [9.17, 15) is 9.59 Å². The molecule has 0 aromatic rings. The lowest BCUT2D eigenvalue weighted by atomic mass is 9.85. The van der Waals surface area contributed by atoms with Gasteiger partial charge >= 0.3 is 5.97 Å². The number of amides is 1. The topological polar surface area (TPSA) is 92.4 Å². The van der Waals surface area contributed by atoms with E-state index in [4.69, 9.17) is 10.8 Å². The van der Waals surface area contributed by atoms with Crippen LogP contribution in [0.5, 0.6) is 0 Å². The summed E-state index contributed by atoms with van der Waals surface area (Å²) >= 11 is 0. The second-order valence-electron chi connectivity index (χ2n) is 5.95. The Labute approximate surface area is 109 Å². The monoisotopic (exact) mass is 258 g/mol. The minimum Gasteiger partial charge on any atom is -0.480 e. The zero-order chi connectivity index (χ0) is 14.5. The SMILES string of the molecule is CCC(C)C(NC(=O)CC(N)C(C)(C)C)C(=O)O. The molecule has 0 aromatic carbocycles. The van der Waals surface area contributed by atoms with Crippen molar-refractivity contribution in [1.29, 1.82) is 0 Å². The van der Waals surface area contributed by atoms with Gasteiger partial charge in [0.2, 0.25) is 5.91 Å². The van der Waals surface area contributed by atoms with Crippen LogP contribution < -0.4 is 11.1 Å². The highest BCUT2D eigenvalue weighted by molar-refractivity contribution is 5.84. The molecule has 3 atom stereocenters. The maximum Gasteiger partial charge on any atom is 0.326 e. The third kappa shape index (κ3) is 5.49. The maximum atomic E-state index is 11.8. The van der Waals surface area contributed by atoms with Crippen LogP contribution in [0.4, 0.5) is 0 Å². The Hall–Kier alpha value is -1.10. The molecule has 0 aliphatic heterocycles. The summed E-state index contributed by atoms with van der Waals surface area (Å²) in [6, 6.07) is -1.13. The smallest absolute Gasteiger partial charge is 0.326 e. The average Bonchev–Trinajstić information content (AvgIpc) is 2.23. The molecule has 1 amide bonds. The Morgan fingerprint density at radius 1 is 1.33 bits per heavy atom. The molecule has 106 valence electrons. The quantitative estimate of drug-likeness (QED) is 0.671. The molecule has 0 aliphatic carbocycles. The highest BCUT2D eigenvalue weighted by Crippen LogP contribution is 2.19. The van der Waals surface area contributed by atoms with E-state index < -0.39 is 12.0 Å². The Morgan fingerprint density at radius 3 is 2.17 bits per heavy atom. The van der Waals surface area contributed by atoms with Gasteiger partial charge in [0.25, 0.3) is 0 Å². The maximum absolute atomic E-state index is 11.8. The predicted octanol–water partition coefficient (Wildman–Crippen LogP) is 1.37. The minimum atomic E-state index is -0.998. The van der Waals surface area contributed by atoms with Gasteiger partial charge < -0.3 is 16.2 Å². The second-order valence-corrected chi connectivity index (χ2v) is 5.95. The van der Waals surface area contributed by atoms with E-state index in [1.165, 1.54) is 0 Å². The van der Waals surface area contributed by atoms with Crippen molar-refractivity contribution in [3.05, 3.63) is 0 Å². The summed E-state index contributed by atoms with van der Waals surface area (Å²) in [5, 5.41) is 11.6. The van der Waals surface area contributed by atoms with Crippen molar-refractivity contribution in [2.24, 2.45) is 17.1 Å². The van der Waals surface area contributed by atoms with E-state index in [1.54, 1.807) is 0 Å². The zero-order valence-electron chi connectivity index (χ0n) is 12.0. The Balaban J connectivity index is 4.49. The van der Waals surface area contributed by atoms with Gasteiger partial charge in [0.05, 0.1) is 0 Å². The molecule has 0 saturated carbocycles. The summed E-state index contributed by atoms with van der Waals surface area (Å²) in [5.41, 5.74) is 5.73. The van der Waals surface area contributed by atoms with Crippen LogP contribution in [0.25, 0.3) is 0 Å². The molecule has 0 fully saturated rings. The number of nitrogens with two attached hydrogens (primary N) is 1. The van der Waals surface area contributed by atoms with Crippen molar-refractivity contribution < 1.29 is 14.7 Å². The predicted molar refractivity (Wildman–Crippen MR) is 71.1 cm³/mol. The van der Waals surface area contributed by atoms with Gasteiger partial charge in [0.15, 0.2) is 0 Å². The number of rotatable bonds is 6. The third-order valence-electron chi connectivity index (χ3n) is 3.31. The number of nitrogens with one attached hydrogen (secondary N) is 1. The first kappa shape index (κ1) is 16.9. The van der Waals surface area contributed by atoms with Crippen LogP contribution in [0, 0.1) is 11.3 Å². The van der Waals surface area contributed by atoms with E-state index in [0.717, 1.165) is 0 Å². The lowest BCUT2D eigenvalue weighted by molar-refractivity contribution is -0.143. The minimum absolute atomic E-state index is 0.0997. The van der Waals surface area contributed by atoms with Gasteiger partial charge in [-0.1, -0.05) is 41.0 Å². The standard InChI is InChI=1S/C13H26N2O3/c1-6-8(2)11(12(17)18)15-10(16)7-9(14)13(3,4)5/h8-9,11H,6-7,14H2,1-5H3,(H,15,16)(H,17,18). The van der Waals surface area contributed by atoms with Crippen molar-refractivity contribution in [1.82, 2.24) is 5.32 Å². The molecule has 0 rings (SSSR count). The number of carbonyl (C=O) groups is 2. The molecule has 0 spiro atoms. The van der Waals surface area contributed by atoms with Gasteiger partial charge in [-0.25, -0.2) is 4.79 Å². The van der Waals surface area contributed by atoms with E-state index in [0.29, 0.717) is 6.42 Å². The number of aliphatic carboxylic acids is 1. The molecule has 5 nitrogen and oxygen atoms in total. The molecule has 3 unspecified atom stereocenters. The summed E-state index contributed by atoms with van der Waals surface area (Å²) in [7, 11) is 0. The first-order chi connectivity index (χ1) is 8.09. The summed E-state index contributed by atoms with van der Waals surface area (Å²) in [6.07, 6.45) is 0.840. The fourth-order valence-corrected chi connectivity index (χ4v) is 1.42. The summed E-state index contributed by atoms with van der Waals surface area (Å²) in [4.78, 5) is 22.9. The third-order valence-corrected chi connectivity index (χ3v) is 3.31. The number of hydrogen-bond acceptors (Lipinski definition) is 3. The summed E-state index contributed by atoms with van der Waals surface area (Å²) < 4.78 is 0. The largest absolute Gasteiger partial charge is 0.480 e. The van der Waals surface area contributed by atoms with E-state index >= 15 is 0 Å². The fraction of sp³-hybridized carbons (Fsp3) is 0.846. The van der Waals surface area contributed by atoms with Crippen molar-refractivity contribution in [3.63, 3.8) is 0 Å². The van der Waals surface area contributed by atoms with Crippen LogP contribution in [-0.2, 0) is 9.59 Å². The van der Waals surface area contributed by atoms with Gasteiger partial charge in [-0.2, -0.15) is 0 Å². The molecule has 0 radical (unpaired) electrons. The first-order valence-corrected chi connectivity index (χ1v) is 6.37. The van der Waals surface area contributed by atoms with Crippen molar-refractivity contribution in [2.45, 2.75) is 59.5 Å². The molecule has 5 heteroatoms. The lowest BCUT2D eigenvalue weighted by Crippen LogP contribution is -2.48. The van der Waals surface area contributed by atoms with E-state index in [2.05, 4.69) is 5.32 Å². The summed E-state index contributed by atoms with van der Waals surface area (Å²) in [5.74, 6) is -1.40. The molecular formula is C13H26N2O3. The fourth-order valence-electron chi connectivity index (χ4n) is 1.42. The molecule has 18 heavy (non-hydrogen) atoms. The van der Waals surface area contributed by atoms with Crippen LogP contribution >= 0.6 is 0 Å². The number of carbonyl (C=O) groups excluding carboxylic acids is 1. The van der Waals surface area contributed by atoms with Crippen LogP contribution in [0.15, 0.2) is 0 Å². The van der Waals surface area contributed by atoms with Crippen LogP contribution in [0.1, 0.15) is 47.5 Å². The van der Waals surface area contributed by atoms with Gasteiger partial charge in [-0.15, -0.1) is 0 Å². The Morgan fingerprint density at radius 2 is 1.83 bits per heavy atom. The van der Waals surface area contributed by atoms with E-state index in [-0.39, 0.29) is 29.7 Å². The van der Waals surface area contributed by atoms with Gasteiger partial charge in [-0.05, 0) is 11.3 Å². The van der Waals surface area contributed by atoms with Crippen LogP contribution in [-0.4, -0.2) is 29.1 Å². The molecular weight excluding hydrogens is 232 g/mol. The summed E-state index contributed by atoms with van der Waals surface area (Å²) in [6.45, 7) is 9.56. The van der Waals surface area contributed by atoms with Gasteiger partial charge in [0, 0.05) is 12.5 Å². The zero-order valence-corrected chi connectivity index (χ0v) is 12.0. The molecule has 0 aliphatic rings. The normalized spacial score (nSPS) is 16.8. The van der Waals surface area contributed by atoms with E-state index in [1.807, 2.05) is 34.6 Å². The Kier molecular flexibility index (Phi) is 6.32.